The predicted octanol–water partition coefficient (Wildman–Crippen LogP) is 2.69. The van der Waals surface area contributed by atoms with Gasteiger partial charge in [0, 0.05) is 31.6 Å². The molecule has 7 rings (SSSR count). The summed E-state index contributed by atoms with van der Waals surface area (Å²) in [5.41, 5.74) is -1.53. The molecule has 6 fully saturated rings. The number of rotatable bonds is 3. The van der Waals surface area contributed by atoms with Crippen LogP contribution in [0.15, 0.2) is 12.3 Å². The van der Waals surface area contributed by atoms with E-state index in [0.717, 1.165) is 19.3 Å². The largest absolute Gasteiger partial charge is 0.472 e. The summed E-state index contributed by atoms with van der Waals surface area (Å²) < 4.78 is 36.5. The molecule has 0 aromatic heterocycles. The van der Waals surface area contributed by atoms with Crippen LogP contribution < -0.4 is 0 Å². The number of epoxide rings is 1. The van der Waals surface area contributed by atoms with Crippen molar-refractivity contribution in [1.29, 1.82) is 0 Å². The van der Waals surface area contributed by atoms with Crippen LogP contribution >= 0.6 is 0 Å². The summed E-state index contributed by atoms with van der Waals surface area (Å²) in [6.45, 7) is 7.92. The lowest BCUT2D eigenvalue weighted by Gasteiger charge is -2.69. The first kappa shape index (κ1) is 20.9. The molecule has 2 spiro atoms. The predicted molar refractivity (Wildman–Crippen MR) is 109 cm³/mol. The molecule has 8 heteroatoms. The lowest BCUT2D eigenvalue weighted by Crippen LogP contribution is -2.77. The molecule has 0 amide bonds. The molecule has 176 valence electrons. The van der Waals surface area contributed by atoms with Crippen LogP contribution in [0.2, 0.25) is 0 Å². The van der Waals surface area contributed by atoms with Crippen molar-refractivity contribution in [2.45, 2.75) is 89.9 Å². The zero-order chi connectivity index (χ0) is 22.5. The molecule has 0 aromatic carbocycles. The average Bonchev–Trinajstić information content (AvgIpc) is 3.14. The van der Waals surface area contributed by atoms with Gasteiger partial charge >= 0.3 is 11.9 Å². The van der Waals surface area contributed by atoms with Crippen molar-refractivity contribution in [2.75, 3.05) is 6.61 Å². The van der Waals surface area contributed by atoms with Crippen LogP contribution in [0.1, 0.15) is 53.4 Å². The molecule has 2 aliphatic carbocycles. The second kappa shape index (κ2) is 6.70. The summed E-state index contributed by atoms with van der Waals surface area (Å²) in [5, 5.41) is 0. The Morgan fingerprint density at radius 2 is 1.81 bits per heavy atom. The zero-order valence-corrected chi connectivity index (χ0v) is 19.1. The average molecular weight is 449 g/mol. The Hall–Kier alpha value is -1.64. The lowest BCUT2D eigenvalue weighted by molar-refractivity contribution is -0.375. The van der Waals surface area contributed by atoms with Gasteiger partial charge in [0.1, 0.15) is 17.1 Å². The van der Waals surface area contributed by atoms with Gasteiger partial charge in [0.05, 0.1) is 25.1 Å². The van der Waals surface area contributed by atoms with E-state index in [-0.39, 0.29) is 47.6 Å². The minimum Gasteiger partial charge on any atom is -0.472 e. The van der Waals surface area contributed by atoms with E-state index in [4.69, 9.17) is 28.4 Å². The van der Waals surface area contributed by atoms with Gasteiger partial charge in [0.2, 0.25) is 12.6 Å². The van der Waals surface area contributed by atoms with Gasteiger partial charge < -0.3 is 28.4 Å². The second-order valence-corrected chi connectivity index (χ2v) is 10.9. The molecule has 2 saturated carbocycles. The number of hydrogen-bond acceptors (Lipinski definition) is 8. The fourth-order valence-electron chi connectivity index (χ4n) is 7.95. The van der Waals surface area contributed by atoms with Crippen LogP contribution in [0.3, 0.4) is 0 Å². The maximum atomic E-state index is 12.2. The smallest absolute Gasteiger partial charge is 0.304 e. The fourth-order valence-corrected chi connectivity index (χ4v) is 7.95. The SMILES string of the molecule is CC(=O)OC1CC(C)C(C)(C2CC3C=COC3O2)C2CC3CC4(CO4)C12C(OC(C)=O)O3. The van der Waals surface area contributed by atoms with E-state index in [0.29, 0.717) is 13.0 Å². The van der Waals surface area contributed by atoms with Gasteiger partial charge in [-0.2, -0.15) is 0 Å². The first-order valence-electron chi connectivity index (χ1n) is 11.8. The molecule has 0 aromatic rings. The molecule has 5 aliphatic heterocycles. The molecule has 4 saturated heterocycles. The van der Waals surface area contributed by atoms with Gasteiger partial charge in [-0.3, -0.25) is 9.59 Å². The Morgan fingerprint density at radius 1 is 1.06 bits per heavy atom. The minimum absolute atomic E-state index is 0.0225. The van der Waals surface area contributed by atoms with E-state index in [2.05, 4.69) is 19.9 Å². The first-order chi connectivity index (χ1) is 15.2. The maximum Gasteiger partial charge on any atom is 0.304 e. The van der Waals surface area contributed by atoms with Gasteiger partial charge in [-0.1, -0.05) is 13.8 Å². The summed E-state index contributed by atoms with van der Waals surface area (Å²) in [4.78, 5) is 24.3. The summed E-state index contributed by atoms with van der Waals surface area (Å²) in [7, 11) is 0. The normalized spacial score (nSPS) is 54.6. The number of fused-ring (bicyclic) bond motifs is 2. The first-order valence-corrected chi connectivity index (χ1v) is 11.8. The van der Waals surface area contributed by atoms with Crippen LogP contribution in [0.5, 0.6) is 0 Å². The van der Waals surface area contributed by atoms with E-state index in [1.807, 2.05) is 0 Å². The maximum absolute atomic E-state index is 12.2. The number of carbonyl (C=O) groups excluding carboxylic acids is 2. The van der Waals surface area contributed by atoms with Crippen molar-refractivity contribution in [1.82, 2.24) is 0 Å². The Morgan fingerprint density at radius 3 is 2.47 bits per heavy atom. The summed E-state index contributed by atoms with van der Waals surface area (Å²) in [5.74, 6) is -0.245. The van der Waals surface area contributed by atoms with Crippen LogP contribution in [-0.2, 0) is 38.0 Å². The van der Waals surface area contributed by atoms with Gasteiger partial charge in [-0.25, -0.2) is 0 Å². The number of esters is 2. The lowest BCUT2D eigenvalue weighted by atomic mass is 9.40. The van der Waals surface area contributed by atoms with Crippen LogP contribution in [0.25, 0.3) is 0 Å². The third-order valence-electron chi connectivity index (χ3n) is 9.48. The van der Waals surface area contributed by atoms with E-state index in [1.165, 1.54) is 13.8 Å². The topological polar surface area (TPSA) is 92.8 Å². The van der Waals surface area contributed by atoms with Crippen LogP contribution in [-0.4, -0.2) is 55.0 Å². The van der Waals surface area contributed by atoms with Crippen molar-refractivity contribution < 1.29 is 38.0 Å². The summed E-state index contributed by atoms with van der Waals surface area (Å²) in [6, 6.07) is 0. The van der Waals surface area contributed by atoms with E-state index < -0.39 is 29.4 Å². The summed E-state index contributed by atoms with van der Waals surface area (Å²) in [6.07, 6.45) is 5.25. The molecule has 11 unspecified atom stereocenters. The second-order valence-electron chi connectivity index (χ2n) is 10.9. The fraction of sp³-hybridized carbons (Fsp3) is 0.833. The highest BCUT2D eigenvalue weighted by molar-refractivity contribution is 5.67. The highest BCUT2D eigenvalue weighted by Crippen LogP contribution is 2.74. The quantitative estimate of drug-likeness (QED) is 0.481. The van der Waals surface area contributed by atoms with Gasteiger partial charge in [0.15, 0.2) is 0 Å². The van der Waals surface area contributed by atoms with Gasteiger partial charge in [-0.05, 0) is 37.2 Å². The Kier molecular flexibility index (Phi) is 4.38. The van der Waals surface area contributed by atoms with Crippen LogP contribution in [0.4, 0.5) is 0 Å². The highest BCUT2D eigenvalue weighted by Gasteiger charge is 2.83. The molecule has 7 aliphatic rings. The van der Waals surface area contributed by atoms with E-state index in [9.17, 15) is 9.59 Å². The van der Waals surface area contributed by atoms with Gasteiger partial charge in [0.25, 0.3) is 0 Å². The number of ether oxygens (including phenoxy) is 6. The van der Waals surface area contributed by atoms with Crippen molar-refractivity contribution in [2.24, 2.45) is 28.6 Å². The molecule has 8 nitrogen and oxygen atoms in total. The number of carbonyl (C=O) groups is 2. The standard InChI is InChI=1S/C24H32O8/c1-12-7-19(29-13(2)25)24-17(22(12,4)18-8-15-5-6-27-20(15)32-18)9-16(10-23(24)11-28-23)31-21(24)30-14(3)26/h5-6,12,15-21H,7-11H2,1-4H3. The van der Waals surface area contributed by atoms with E-state index in [1.54, 1.807) is 6.26 Å². The molecule has 2 bridgehead atoms. The molecular formula is C24H32O8. The van der Waals surface area contributed by atoms with Crippen molar-refractivity contribution >= 4 is 11.9 Å². The Balaban J connectivity index is 1.47. The third kappa shape index (κ3) is 2.54. The Bertz CT molecular complexity index is 866. The highest BCUT2D eigenvalue weighted by atomic mass is 16.7. The van der Waals surface area contributed by atoms with Gasteiger partial charge in [-0.15, -0.1) is 0 Å². The zero-order valence-electron chi connectivity index (χ0n) is 19.1. The van der Waals surface area contributed by atoms with Crippen molar-refractivity contribution in [3.05, 3.63) is 12.3 Å². The molecular weight excluding hydrogens is 416 g/mol. The van der Waals surface area contributed by atoms with Crippen molar-refractivity contribution in [3.63, 3.8) is 0 Å². The molecule has 11 atom stereocenters. The molecule has 0 radical (unpaired) electrons. The monoisotopic (exact) mass is 448 g/mol. The molecule has 5 heterocycles. The third-order valence-corrected chi connectivity index (χ3v) is 9.48. The van der Waals surface area contributed by atoms with Crippen molar-refractivity contribution in [3.8, 4) is 0 Å². The molecule has 0 N–H and O–H groups in total. The summed E-state index contributed by atoms with van der Waals surface area (Å²) >= 11 is 0. The number of hydrogen-bond donors (Lipinski definition) is 0. The van der Waals surface area contributed by atoms with E-state index >= 15 is 0 Å². The van der Waals surface area contributed by atoms with Crippen LogP contribution in [0, 0.1) is 28.6 Å². The Labute approximate surface area is 187 Å². The minimum atomic E-state index is -0.812. The molecule has 32 heavy (non-hydrogen) atoms.